The molecule has 2 N–H and O–H groups in total. The quantitative estimate of drug-likeness (QED) is 0.177. The molecule has 2 heterocycles. The number of rotatable bonds is 14. The summed E-state index contributed by atoms with van der Waals surface area (Å²) in [4.78, 5) is 0. The van der Waals surface area contributed by atoms with Gasteiger partial charge >= 0.3 is 6.92 Å². The van der Waals surface area contributed by atoms with E-state index in [4.69, 9.17) is 45.7 Å². The molecule has 0 aliphatic carbocycles. The van der Waals surface area contributed by atoms with Gasteiger partial charge in [0, 0.05) is 26.7 Å². The van der Waals surface area contributed by atoms with Crippen molar-refractivity contribution in [2.75, 3.05) is 34.9 Å². The Labute approximate surface area is 277 Å². The summed E-state index contributed by atoms with van der Waals surface area (Å²) in [6.07, 6.45) is -2.94. The summed E-state index contributed by atoms with van der Waals surface area (Å²) in [5.74, 6) is -1.23. The van der Waals surface area contributed by atoms with Crippen LogP contribution in [0.1, 0.15) is 86.9 Å². The zero-order valence-corrected chi connectivity index (χ0v) is 28.8. The third-order valence-electron chi connectivity index (χ3n) is 9.22. The Bertz CT molecular complexity index is 1530. The number of hydrogen-bond acceptors (Lipinski definition) is 10. The molecule has 45 heavy (non-hydrogen) atoms. The van der Waals surface area contributed by atoms with Gasteiger partial charge in [0.1, 0.15) is 0 Å². The lowest BCUT2D eigenvalue weighted by Crippen LogP contribution is -2.54. The van der Waals surface area contributed by atoms with Gasteiger partial charge in [0.25, 0.3) is 0 Å². The van der Waals surface area contributed by atoms with Gasteiger partial charge in [-0.15, -0.1) is 0 Å². The van der Waals surface area contributed by atoms with Crippen molar-refractivity contribution in [3.8, 4) is 34.5 Å². The van der Waals surface area contributed by atoms with E-state index in [-0.39, 0.29) is 81.3 Å². The Morgan fingerprint density at radius 3 is 2.24 bits per heavy atom. The first-order valence-electron chi connectivity index (χ1n) is 18.2. The van der Waals surface area contributed by atoms with Crippen LogP contribution in [0.15, 0.2) is 18.2 Å². The van der Waals surface area contributed by atoms with Crippen LogP contribution >= 0.6 is 0 Å². The van der Waals surface area contributed by atoms with Crippen LogP contribution in [-0.4, -0.2) is 66.0 Å². The monoisotopic (exact) mass is 652 g/mol. The van der Waals surface area contributed by atoms with Crippen molar-refractivity contribution in [1.82, 2.24) is 0 Å². The Morgan fingerprint density at radius 2 is 1.69 bits per heavy atom. The zero-order valence-electron chi connectivity index (χ0n) is 33.8. The van der Waals surface area contributed by atoms with E-state index in [2.05, 4.69) is 0 Å². The molecule has 250 valence electrons. The zero-order chi connectivity index (χ0) is 38.4. The van der Waals surface area contributed by atoms with E-state index in [9.17, 15) is 10.2 Å². The number of aliphatic hydroxyl groups is 1. The molecule has 12 heteroatoms. The number of hydrogen-bond donors (Lipinski definition) is 2. The fourth-order valence-electron chi connectivity index (χ4n) is 7.10. The smallest absolute Gasteiger partial charge is 0.328 e. The van der Waals surface area contributed by atoms with Crippen LogP contribution in [0.3, 0.4) is 0 Å². The lowest BCUT2D eigenvalue weighted by atomic mass is 9.63. The van der Waals surface area contributed by atoms with Gasteiger partial charge in [-0.05, 0) is 52.8 Å². The largest absolute Gasteiger partial charge is 0.504 e. The summed E-state index contributed by atoms with van der Waals surface area (Å²) in [6, 6.07) is 4.33. The number of methoxy groups -OCH3 is 3. The average Bonchev–Trinajstić information content (AvgIpc) is 3.66. The minimum Gasteiger partial charge on any atom is -0.504 e. The highest BCUT2D eigenvalue weighted by Crippen LogP contribution is 2.54. The Morgan fingerprint density at radius 1 is 1.00 bits per heavy atom. The SMILES string of the molecule is [2H]C([2H])([2H])B1O[C@H]([C@H](C)[C@](O)([C@H](O[Si](C(C)C)(C(C)C)C(C)C)c2cc(O)c(OC)c(OC)c2)C([2H])([2H])[2H])c2cc3c(c(OCOC)c21)OCO3. The second-order valence-electron chi connectivity index (χ2n) is 12.6. The molecule has 2 aromatic rings. The minimum absolute atomic E-state index is 0.0128. The molecule has 0 saturated heterocycles. The van der Waals surface area contributed by atoms with Crippen LogP contribution in [0.5, 0.6) is 34.5 Å². The number of phenols is 1. The third-order valence-corrected chi connectivity index (χ3v) is 15.3. The van der Waals surface area contributed by atoms with Crippen molar-refractivity contribution >= 4 is 20.7 Å². The van der Waals surface area contributed by atoms with Gasteiger partial charge < -0.3 is 47.7 Å². The number of phenolic OH excluding ortho intramolecular Hbond substituents is 1. The van der Waals surface area contributed by atoms with Gasteiger partial charge in [0.2, 0.25) is 26.6 Å². The minimum atomic E-state index is -3.17. The van der Waals surface area contributed by atoms with Gasteiger partial charge in [-0.1, -0.05) is 55.2 Å². The maximum Gasteiger partial charge on any atom is 0.328 e. The Hall–Kier alpha value is -2.64. The molecule has 0 fully saturated rings. The topological polar surface area (TPSA) is 114 Å². The van der Waals surface area contributed by atoms with E-state index in [0.29, 0.717) is 0 Å². The van der Waals surface area contributed by atoms with E-state index in [1.54, 1.807) is 0 Å². The summed E-state index contributed by atoms with van der Waals surface area (Å²) in [5, 5.41) is 24.3. The maximum atomic E-state index is 13.2. The van der Waals surface area contributed by atoms with Crippen LogP contribution in [0.25, 0.3) is 0 Å². The van der Waals surface area contributed by atoms with Crippen LogP contribution < -0.4 is 29.1 Å². The summed E-state index contributed by atoms with van der Waals surface area (Å²) < 4.78 is 99.0. The van der Waals surface area contributed by atoms with Gasteiger partial charge in [-0.3, -0.25) is 0 Å². The second-order valence-corrected chi connectivity index (χ2v) is 18.0. The van der Waals surface area contributed by atoms with E-state index >= 15 is 0 Å². The molecular weight excluding hydrogens is 595 g/mol. The van der Waals surface area contributed by atoms with Crippen LogP contribution in [0, 0.1) is 5.92 Å². The van der Waals surface area contributed by atoms with E-state index in [1.165, 1.54) is 46.5 Å². The molecule has 4 atom stereocenters. The Kier molecular flexibility index (Phi) is 8.31. The molecule has 0 saturated carbocycles. The molecule has 0 amide bonds. The predicted octanol–water partition coefficient (Wildman–Crippen LogP) is 6.34. The molecule has 0 radical (unpaired) electrons. The highest BCUT2D eigenvalue weighted by atomic mass is 28.4. The van der Waals surface area contributed by atoms with Crippen molar-refractivity contribution in [3.05, 3.63) is 29.3 Å². The molecular formula is C33H51BO10Si. The van der Waals surface area contributed by atoms with Crippen molar-refractivity contribution in [2.45, 2.75) is 96.5 Å². The average molecular weight is 653 g/mol. The Balaban J connectivity index is 2.06. The molecule has 10 nitrogen and oxygen atoms in total. The predicted molar refractivity (Wildman–Crippen MR) is 176 cm³/mol. The lowest BCUT2D eigenvalue weighted by Gasteiger charge is -2.49. The maximum absolute atomic E-state index is 13.2. The van der Waals surface area contributed by atoms with E-state index in [1.807, 2.05) is 41.5 Å². The van der Waals surface area contributed by atoms with Crippen LogP contribution in [0.2, 0.25) is 23.4 Å². The van der Waals surface area contributed by atoms with Crippen molar-refractivity contribution < 1.29 is 55.9 Å². The molecule has 0 bridgehead atoms. The van der Waals surface area contributed by atoms with E-state index < -0.39 is 52.6 Å². The van der Waals surface area contributed by atoms with Gasteiger partial charge in [0.15, 0.2) is 29.8 Å². The highest BCUT2D eigenvalue weighted by molar-refractivity contribution is 6.77. The standard InChI is InChI=1S/C33H51BO10Si/c1-18(2)45(19(3)4,20(5)6)44-32(22-13-24(35)29(39-12)25(14-22)38-11)33(8,36)21(7)28-23-15-26-30(42-17-40-26)31(41-16-37-10)27(23)34(9)43-28/h13-15,18-21,28,32,35-36H,16-17H2,1-12H3/t21-,28+,32+,33-/m0/s1/i8D3,9D3. The summed E-state index contributed by atoms with van der Waals surface area (Å²) in [6.45, 7) is 5.69. The highest BCUT2D eigenvalue weighted by Gasteiger charge is 2.54. The molecule has 2 aliphatic rings. The van der Waals surface area contributed by atoms with Crippen molar-refractivity contribution in [1.29, 1.82) is 0 Å². The molecule has 0 aromatic heterocycles. The van der Waals surface area contributed by atoms with Crippen molar-refractivity contribution in [2.24, 2.45) is 5.92 Å². The molecule has 4 rings (SSSR count). The number of fused-ring (bicyclic) bond motifs is 2. The van der Waals surface area contributed by atoms with Crippen molar-refractivity contribution in [3.63, 3.8) is 0 Å². The van der Waals surface area contributed by atoms with Crippen LogP contribution in [0.4, 0.5) is 0 Å². The summed E-state index contributed by atoms with van der Waals surface area (Å²) >= 11 is 0. The van der Waals surface area contributed by atoms with Crippen LogP contribution in [-0.2, 0) is 13.8 Å². The number of benzene rings is 2. The van der Waals surface area contributed by atoms with Gasteiger partial charge in [-0.2, -0.15) is 0 Å². The summed E-state index contributed by atoms with van der Waals surface area (Å²) in [7, 11) is 1.10. The fourth-order valence-corrected chi connectivity index (χ4v) is 12.6. The lowest BCUT2D eigenvalue weighted by molar-refractivity contribution is -0.119. The molecule has 2 aromatic carbocycles. The summed E-state index contributed by atoms with van der Waals surface area (Å²) in [5.41, 5.74) is -2.44. The molecule has 0 unspecified atom stereocenters. The fraction of sp³-hybridized carbons (Fsp3) is 0.636. The third kappa shape index (κ3) is 6.12. The number of ether oxygens (including phenoxy) is 6. The molecule has 2 aliphatic heterocycles. The first kappa shape index (κ1) is 27.5. The van der Waals surface area contributed by atoms with E-state index in [0.717, 1.165) is 0 Å². The first-order chi connectivity index (χ1) is 23.6. The van der Waals surface area contributed by atoms with Gasteiger partial charge in [-0.25, -0.2) is 0 Å². The normalized spacial score (nSPS) is 21.3. The second kappa shape index (κ2) is 13.6. The number of aromatic hydroxyl groups is 1. The van der Waals surface area contributed by atoms with Gasteiger partial charge in [0.05, 0.1) is 32.0 Å². The first-order valence-corrected chi connectivity index (χ1v) is 17.4. The molecule has 0 spiro atoms.